The summed E-state index contributed by atoms with van der Waals surface area (Å²) in [5, 5.41) is 8.41. The molecule has 0 atom stereocenters. The summed E-state index contributed by atoms with van der Waals surface area (Å²) >= 11 is 0. The van der Waals surface area contributed by atoms with E-state index in [0.717, 1.165) is 18.7 Å². The molecule has 0 fully saturated rings. The minimum atomic E-state index is 0.637. The van der Waals surface area contributed by atoms with Crippen LogP contribution in [0.25, 0.3) is 0 Å². The van der Waals surface area contributed by atoms with Crippen LogP contribution in [0.1, 0.15) is 77.8 Å². The molecule has 0 aliphatic heterocycles. The number of aryl methyl sites for hydroxylation is 1. The lowest BCUT2D eigenvalue weighted by Crippen LogP contribution is -2.04. The van der Waals surface area contributed by atoms with Crippen LogP contribution in [-0.4, -0.2) is 15.0 Å². The Hall–Kier alpha value is -0.860. The minimum Gasteiger partial charge on any atom is -0.252 e. The van der Waals surface area contributed by atoms with E-state index >= 15 is 0 Å². The van der Waals surface area contributed by atoms with Crippen LogP contribution in [0.15, 0.2) is 6.20 Å². The maximum absolute atomic E-state index is 4.24. The van der Waals surface area contributed by atoms with E-state index in [2.05, 4.69) is 37.3 Å². The van der Waals surface area contributed by atoms with Crippen LogP contribution in [0.2, 0.25) is 0 Å². The van der Waals surface area contributed by atoms with Crippen LogP contribution in [0.5, 0.6) is 0 Å². The van der Waals surface area contributed by atoms with Crippen molar-refractivity contribution in [1.29, 1.82) is 0 Å². The summed E-state index contributed by atoms with van der Waals surface area (Å²) in [7, 11) is 0. The fourth-order valence-electron chi connectivity index (χ4n) is 2.36. The summed E-state index contributed by atoms with van der Waals surface area (Å²) in [5.74, 6) is 0.637. The predicted octanol–water partition coefficient (Wildman–Crippen LogP) is 4.62. The third-order valence-electron chi connectivity index (χ3n) is 3.42. The zero-order valence-corrected chi connectivity index (χ0v) is 13.1. The Balaban J connectivity index is 2.01. The highest BCUT2D eigenvalue weighted by atomic mass is 15.4. The minimum absolute atomic E-state index is 0.637. The Morgan fingerprint density at radius 3 is 2.26 bits per heavy atom. The van der Waals surface area contributed by atoms with Gasteiger partial charge in [0, 0.05) is 12.7 Å². The van der Waals surface area contributed by atoms with Crippen molar-refractivity contribution in [1.82, 2.24) is 15.0 Å². The monoisotopic (exact) mass is 265 g/mol. The van der Waals surface area contributed by atoms with Gasteiger partial charge in [0.25, 0.3) is 0 Å². The van der Waals surface area contributed by atoms with Crippen LogP contribution in [-0.2, 0) is 13.0 Å². The molecule has 0 radical (unpaired) electrons. The molecular formula is C16H31N3. The first-order valence-corrected chi connectivity index (χ1v) is 8.11. The molecule has 1 heterocycles. The zero-order valence-electron chi connectivity index (χ0n) is 13.1. The van der Waals surface area contributed by atoms with Crippen molar-refractivity contribution >= 4 is 0 Å². The van der Waals surface area contributed by atoms with Gasteiger partial charge in [-0.3, -0.25) is 4.68 Å². The Labute approximate surface area is 118 Å². The largest absolute Gasteiger partial charge is 0.252 e. The summed E-state index contributed by atoms with van der Waals surface area (Å²) in [6, 6.07) is 0. The van der Waals surface area contributed by atoms with Crippen LogP contribution >= 0.6 is 0 Å². The molecule has 0 N–H and O–H groups in total. The molecule has 0 aromatic carbocycles. The van der Waals surface area contributed by atoms with Crippen molar-refractivity contribution < 1.29 is 0 Å². The van der Waals surface area contributed by atoms with Crippen molar-refractivity contribution in [3.8, 4) is 0 Å². The molecule has 1 rings (SSSR count). The number of aromatic nitrogens is 3. The van der Waals surface area contributed by atoms with Gasteiger partial charge >= 0.3 is 0 Å². The first-order chi connectivity index (χ1) is 9.22. The summed E-state index contributed by atoms with van der Waals surface area (Å²) < 4.78 is 1.98. The van der Waals surface area contributed by atoms with Gasteiger partial charge in [-0.15, -0.1) is 5.10 Å². The Morgan fingerprint density at radius 1 is 1.00 bits per heavy atom. The van der Waals surface area contributed by atoms with Gasteiger partial charge in [-0.05, 0) is 18.8 Å². The molecule has 0 aliphatic carbocycles. The summed E-state index contributed by atoms with van der Waals surface area (Å²) in [6.45, 7) is 7.66. The van der Waals surface area contributed by atoms with Gasteiger partial charge in [0.2, 0.25) is 0 Å². The predicted molar refractivity (Wildman–Crippen MR) is 81.2 cm³/mol. The Kier molecular flexibility index (Phi) is 8.52. The molecule has 1 aromatic rings. The SMILES string of the molecule is CCCCCCCCCCc1cn(CC(C)C)nn1. The number of nitrogens with zero attached hydrogens (tertiary/aromatic N) is 3. The van der Waals surface area contributed by atoms with Crippen molar-refractivity contribution in [3.05, 3.63) is 11.9 Å². The van der Waals surface area contributed by atoms with E-state index in [1.54, 1.807) is 0 Å². The fraction of sp³-hybridized carbons (Fsp3) is 0.875. The Morgan fingerprint density at radius 2 is 1.63 bits per heavy atom. The summed E-state index contributed by atoms with van der Waals surface area (Å²) in [4.78, 5) is 0. The highest BCUT2D eigenvalue weighted by molar-refractivity contribution is 4.92. The summed E-state index contributed by atoms with van der Waals surface area (Å²) in [5.41, 5.74) is 1.16. The van der Waals surface area contributed by atoms with E-state index in [0.29, 0.717) is 5.92 Å². The second kappa shape index (κ2) is 9.99. The molecule has 0 amide bonds. The van der Waals surface area contributed by atoms with Gasteiger partial charge in [0.1, 0.15) is 0 Å². The lowest BCUT2D eigenvalue weighted by molar-refractivity contribution is 0.472. The van der Waals surface area contributed by atoms with Crippen molar-refractivity contribution in [2.24, 2.45) is 5.92 Å². The number of rotatable bonds is 11. The Bertz CT molecular complexity index is 318. The number of unbranched alkanes of at least 4 members (excludes halogenated alkanes) is 7. The third kappa shape index (κ3) is 8.02. The molecule has 0 spiro atoms. The smallest absolute Gasteiger partial charge is 0.0827 e. The van der Waals surface area contributed by atoms with Gasteiger partial charge in [-0.25, -0.2) is 0 Å². The van der Waals surface area contributed by atoms with Crippen molar-refractivity contribution in [2.75, 3.05) is 0 Å². The average Bonchev–Trinajstić information content (AvgIpc) is 2.79. The standard InChI is InChI=1S/C16H31N3/c1-4-5-6-7-8-9-10-11-12-16-14-19(18-17-16)13-15(2)3/h14-15H,4-13H2,1-3H3. The quantitative estimate of drug-likeness (QED) is 0.547. The van der Waals surface area contributed by atoms with Gasteiger partial charge in [-0.2, -0.15) is 0 Å². The maximum Gasteiger partial charge on any atom is 0.0827 e. The van der Waals surface area contributed by atoms with Gasteiger partial charge in [0.05, 0.1) is 5.69 Å². The van der Waals surface area contributed by atoms with Gasteiger partial charge in [0.15, 0.2) is 0 Å². The number of hydrogen-bond acceptors (Lipinski definition) is 2. The van der Waals surface area contributed by atoms with Crippen LogP contribution in [0, 0.1) is 5.92 Å². The first-order valence-electron chi connectivity index (χ1n) is 8.11. The molecular weight excluding hydrogens is 234 g/mol. The fourth-order valence-corrected chi connectivity index (χ4v) is 2.36. The van der Waals surface area contributed by atoms with Gasteiger partial charge < -0.3 is 0 Å². The molecule has 0 saturated carbocycles. The maximum atomic E-state index is 4.24. The van der Waals surface area contributed by atoms with E-state index in [4.69, 9.17) is 0 Å². The molecule has 3 nitrogen and oxygen atoms in total. The first kappa shape index (κ1) is 16.2. The molecule has 0 unspecified atom stereocenters. The van der Waals surface area contributed by atoms with E-state index in [1.807, 2.05) is 4.68 Å². The average molecular weight is 265 g/mol. The number of hydrogen-bond donors (Lipinski definition) is 0. The zero-order chi connectivity index (χ0) is 13.9. The molecule has 19 heavy (non-hydrogen) atoms. The molecule has 0 saturated heterocycles. The topological polar surface area (TPSA) is 30.7 Å². The second-order valence-electron chi connectivity index (χ2n) is 6.05. The second-order valence-corrected chi connectivity index (χ2v) is 6.05. The van der Waals surface area contributed by atoms with E-state index in [1.165, 1.54) is 51.4 Å². The summed E-state index contributed by atoms with van der Waals surface area (Å²) in [6.07, 6.45) is 14.2. The van der Waals surface area contributed by atoms with E-state index < -0.39 is 0 Å². The van der Waals surface area contributed by atoms with E-state index in [9.17, 15) is 0 Å². The molecule has 0 aliphatic rings. The highest BCUT2D eigenvalue weighted by Crippen LogP contribution is 2.10. The molecule has 1 aromatic heterocycles. The van der Waals surface area contributed by atoms with Gasteiger partial charge in [-0.1, -0.05) is 70.9 Å². The molecule has 3 heteroatoms. The van der Waals surface area contributed by atoms with Crippen molar-refractivity contribution in [3.63, 3.8) is 0 Å². The normalized spacial score (nSPS) is 11.4. The third-order valence-corrected chi connectivity index (χ3v) is 3.42. The molecule has 110 valence electrons. The highest BCUT2D eigenvalue weighted by Gasteiger charge is 2.02. The van der Waals surface area contributed by atoms with Crippen LogP contribution in [0.4, 0.5) is 0 Å². The lowest BCUT2D eigenvalue weighted by atomic mass is 10.1. The lowest BCUT2D eigenvalue weighted by Gasteiger charge is -2.02. The van der Waals surface area contributed by atoms with Crippen LogP contribution in [0.3, 0.4) is 0 Å². The van der Waals surface area contributed by atoms with Crippen molar-refractivity contribution in [2.45, 2.75) is 85.1 Å². The molecule has 0 bridgehead atoms. The van der Waals surface area contributed by atoms with Crippen LogP contribution < -0.4 is 0 Å². The van der Waals surface area contributed by atoms with E-state index in [-0.39, 0.29) is 0 Å².